The van der Waals surface area contributed by atoms with E-state index in [1.54, 1.807) is 0 Å². The molecule has 1 rings (SSSR count). The molecule has 4 nitrogen and oxygen atoms in total. The first-order valence-corrected chi connectivity index (χ1v) is 2.90. The Balaban J connectivity index is 2.89. The maximum absolute atomic E-state index is 10.7. The summed E-state index contributed by atoms with van der Waals surface area (Å²) in [5.74, 6) is -0.570. The van der Waals surface area contributed by atoms with Crippen LogP contribution in [0.5, 0.6) is 0 Å². The standard InChI is InChI=1S/C6H8N2O2/c7-5-3(9)1-2-4(10)6(5)8/h1-2,5-6H,7-8H2. The van der Waals surface area contributed by atoms with Gasteiger partial charge in [0.05, 0.1) is 12.1 Å². The summed E-state index contributed by atoms with van der Waals surface area (Å²) in [4.78, 5) is 21.4. The van der Waals surface area contributed by atoms with Gasteiger partial charge in [-0.2, -0.15) is 0 Å². The van der Waals surface area contributed by atoms with E-state index in [2.05, 4.69) is 0 Å². The van der Waals surface area contributed by atoms with Gasteiger partial charge >= 0.3 is 0 Å². The first kappa shape index (κ1) is 7.11. The van der Waals surface area contributed by atoms with Gasteiger partial charge in [0, 0.05) is 0 Å². The van der Waals surface area contributed by atoms with Crippen molar-refractivity contribution in [2.24, 2.45) is 11.5 Å². The fourth-order valence-electron chi connectivity index (χ4n) is 0.740. The Morgan fingerprint density at radius 1 is 1.00 bits per heavy atom. The van der Waals surface area contributed by atoms with Crippen LogP contribution in [0.3, 0.4) is 0 Å². The van der Waals surface area contributed by atoms with E-state index in [-0.39, 0.29) is 11.6 Å². The lowest BCUT2D eigenvalue weighted by molar-refractivity contribution is -0.123. The molecule has 2 unspecified atom stereocenters. The fourth-order valence-corrected chi connectivity index (χ4v) is 0.740. The van der Waals surface area contributed by atoms with Gasteiger partial charge in [0.25, 0.3) is 0 Å². The number of carbonyl (C=O) groups is 2. The van der Waals surface area contributed by atoms with Crippen LogP contribution in [0.25, 0.3) is 0 Å². The molecule has 0 amide bonds. The summed E-state index contributed by atoms with van der Waals surface area (Å²) in [6, 6.07) is -1.70. The summed E-state index contributed by atoms with van der Waals surface area (Å²) in [6.07, 6.45) is 2.33. The lowest BCUT2D eigenvalue weighted by Crippen LogP contribution is -2.52. The first-order chi connectivity index (χ1) is 4.63. The predicted molar refractivity (Wildman–Crippen MR) is 35.1 cm³/mol. The zero-order valence-electron chi connectivity index (χ0n) is 5.28. The fraction of sp³-hybridized carbons (Fsp3) is 0.333. The SMILES string of the molecule is NC1C(=O)C=CC(=O)C1N. The van der Waals surface area contributed by atoms with Gasteiger partial charge in [-0.05, 0) is 12.2 Å². The summed E-state index contributed by atoms with van der Waals surface area (Å²) in [7, 11) is 0. The van der Waals surface area contributed by atoms with Crippen LogP contribution in [0.2, 0.25) is 0 Å². The Morgan fingerprint density at radius 3 is 1.60 bits per heavy atom. The van der Waals surface area contributed by atoms with Gasteiger partial charge in [-0.15, -0.1) is 0 Å². The number of hydrogen-bond donors (Lipinski definition) is 2. The third-order valence-corrected chi connectivity index (χ3v) is 1.46. The second-order valence-electron chi connectivity index (χ2n) is 2.19. The van der Waals surface area contributed by atoms with Gasteiger partial charge in [-0.25, -0.2) is 0 Å². The highest BCUT2D eigenvalue weighted by Crippen LogP contribution is 2.00. The number of hydrogen-bond acceptors (Lipinski definition) is 4. The smallest absolute Gasteiger partial charge is 0.174 e. The molecule has 0 bridgehead atoms. The quantitative estimate of drug-likeness (QED) is 0.422. The van der Waals surface area contributed by atoms with Crippen molar-refractivity contribution in [3.8, 4) is 0 Å². The van der Waals surface area contributed by atoms with E-state index in [4.69, 9.17) is 11.5 Å². The van der Waals surface area contributed by atoms with Gasteiger partial charge in [0.2, 0.25) is 0 Å². The van der Waals surface area contributed by atoms with Crippen molar-refractivity contribution in [2.75, 3.05) is 0 Å². The zero-order valence-corrected chi connectivity index (χ0v) is 5.28. The van der Waals surface area contributed by atoms with Gasteiger partial charge in [-0.1, -0.05) is 0 Å². The number of nitrogens with two attached hydrogens (primary N) is 2. The molecule has 0 aliphatic heterocycles. The molecule has 54 valence electrons. The average molecular weight is 140 g/mol. The molecule has 4 heteroatoms. The van der Waals surface area contributed by atoms with E-state index >= 15 is 0 Å². The van der Waals surface area contributed by atoms with Crippen molar-refractivity contribution in [3.63, 3.8) is 0 Å². The maximum atomic E-state index is 10.7. The van der Waals surface area contributed by atoms with Crippen LogP contribution >= 0.6 is 0 Å². The molecule has 1 aliphatic carbocycles. The highest BCUT2D eigenvalue weighted by Gasteiger charge is 2.27. The Bertz CT molecular complexity index is 188. The number of ketones is 2. The van der Waals surface area contributed by atoms with Crippen LogP contribution in [0.15, 0.2) is 12.2 Å². The number of rotatable bonds is 0. The summed E-state index contributed by atoms with van der Waals surface area (Å²) in [5.41, 5.74) is 10.5. The molecule has 0 saturated heterocycles. The molecule has 2 atom stereocenters. The van der Waals surface area contributed by atoms with Crippen LogP contribution in [-0.4, -0.2) is 23.7 Å². The summed E-state index contributed by atoms with van der Waals surface area (Å²) >= 11 is 0. The Kier molecular flexibility index (Phi) is 1.65. The van der Waals surface area contributed by atoms with E-state index in [9.17, 15) is 9.59 Å². The van der Waals surface area contributed by atoms with Gasteiger partial charge < -0.3 is 11.5 Å². The second kappa shape index (κ2) is 2.32. The van der Waals surface area contributed by atoms with Crippen molar-refractivity contribution in [2.45, 2.75) is 12.1 Å². The molecule has 10 heavy (non-hydrogen) atoms. The monoisotopic (exact) mass is 140 g/mol. The topological polar surface area (TPSA) is 86.2 Å². The minimum absolute atomic E-state index is 0.285. The maximum Gasteiger partial charge on any atom is 0.174 e. The lowest BCUT2D eigenvalue weighted by Gasteiger charge is -2.17. The molecule has 4 N–H and O–H groups in total. The molecule has 0 aromatic heterocycles. The molecule has 0 aromatic rings. The molecular formula is C6H8N2O2. The van der Waals surface area contributed by atoms with Crippen LogP contribution < -0.4 is 11.5 Å². The second-order valence-corrected chi connectivity index (χ2v) is 2.19. The molecular weight excluding hydrogens is 132 g/mol. The normalized spacial score (nSPS) is 33.0. The van der Waals surface area contributed by atoms with Crippen molar-refractivity contribution in [1.29, 1.82) is 0 Å². The molecule has 0 aromatic carbocycles. The van der Waals surface area contributed by atoms with E-state index in [0.29, 0.717) is 0 Å². The molecule has 0 radical (unpaired) electrons. The van der Waals surface area contributed by atoms with Crippen LogP contribution in [-0.2, 0) is 9.59 Å². The Hall–Kier alpha value is -1.00. The summed E-state index contributed by atoms with van der Waals surface area (Å²) in [5, 5.41) is 0. The Morgan fingerprint density at radius 2 is 1.30 bits per heavy atom. The third-order valence-electron chi connectivity index (χ3n) is 1.46. The van der Waals surface area contributed by atoms with Crippen molar-refractivity contribution in [1.82, 2.24) is 0 Å². The summed E-state index contributed by atoms with van der Waals surface area (Å²) in [6.45, 7) is 0. The van der Waals surface area contributed by atoms with E-state index in [0.717, 1.165) is 12.2 Å². The lowest BCUT2D eigenvalue weighted by atomic mass is 9.95. The zero-order chi connectivity index (χ0) is 7.72. The average Bonchev–Trinajstić information content (AvgIpc) is 1.93. The van der Waals surface area contributed by atoms with Crippen molar-refractivity contribution in [3.05, 3.63) is 12.2 Å². The van der Waals surface area contributed by atoms with Gasteiger partial charge in [0.1, 0.15) is 0 Å². The van der Waals surface area contributed by atoms with Crippen molar-refractivity contribution < 1.29 is 9.59 Å². The van der Waals surface area contributed by atoms with E-state index in [1.165, 1.54) is 0 Å². The number of carbonyl (C=O) groups excluding carboxylic acids is 2. The van der Waals surface area contributed by atoms with Crippen LogP contribution in [0, 0.1) is 0 Å². The first-order valence-electron chi connectivity index (χ1n) is 2.90. The minimum Gasteiger partial charge on any atom is -0.320 e. The van der Waals surface area contributed by atoms with E-state index < -0.39 is 12.1 Å². The largest absolute Gasteiger partial charge is 0.320 e. The third kappa shape index (κ3) is 0.984. The van der Waals surface area contributed by atoms with E-state index in [1.807, 2.05) is 0 Å². The Labute approximate surface area is 57.9 Å². The highest BCUT2D eigenvalue weighted by atomic mass is 16.1. The minimum atomic E-state index is -0.850. The molecule has 0 fully saturated rings. The molecule has 1 aliphatic rings. The van der Waals surface area contributed by atoms with Gasteiger partial charge in [0.15, 0.2) is 11.6 Å². The predicted octanol–water partition coefficient (Wildman–Crippen LogP) is -1.65. The van der Waals surface area contributed by atoms with Gasteiger partial charge in [-0.3, -0.25) is 9.59 Å². The van der Waals surface area contributed by atoms with Crippen molar-refractivity contribution >= 4 is 11.6 Å². The summed E-state index contributed by atoms with van der Waals surface area (Å²) < 4.78 is 0. The molecule has 0 spiro atoms. The van der Waals surface area contributed by atoms with Crippen LogP contribution in [0.4, 0.5) is 0 Å². The van der Waals surface area contributed by atoms with Crippen LogP contribution in [0.1, 0.15) is 0 Å². The molecule has 0 saturated carbocycles. The highest BCUT2D eigenvalue weighted by molar-refractivity contribution is 6.10. The molecule has 0 heterocycles.